The first-order chi connectivity index (χ1) is 7.15. The number of aromatic hydroxyl groups is 1. The maximum Gasteiger partial charge on any atom is 0.228 e. The maximum absolute atomic E-state index is 11.7. The van der Waals surface area contributed by atoms with Gasteiger partial charge in [-0.15, -0.1) is 0 Å². The molecular formula is C11H8O4. The first-order valence-corrected chi connectivity index (χ1v) is 4.32. The molecule has 0 unspecified atom stereocenters. The lowest BCUT2D eigenvalue weighted by Gasteiger charge is -2.14. The zero-order valence-corrected chi connectivity index (χ0v) is 7.98. The third kappa shape index (κ3) is 1.30. The number of fused-ring (bicyclic) bond motifs is 1. The number of carbonyl (C=O) groups is 2. The minimum Gasteiger partial charge on any atom is -0.507 e. The molecular weight excluding hydrogens is 196 g/mol. The molecule has 4 heteroatoms. The van der Waals surface area contributed by atoms with Crippen molar-refractivity contribution in [3.8, 4) is 5.75 Å². The van der Waals surface area contributed by atoms with Gasteiger partial charge in [0.05, 0.1) is 12.7 Å². The Hall–Kier alpha value is -2.10. The van der Waals surface area contributed by atoms with Gasteiger partial charge in [0, 0.05) is 11.6 Å². The van der Waals surface area contributed by atoms with Crippen LogP contribution in [0.1, 0.15) is 20.7 Å². The van der Waals surface area contributed by atoms with Gasteiger partial charge in [-0.25, -0.2) is 0 Å². The van der Waals surface area contributed by atoms with Crippen LogP contribution >= 0.6 is 0 Å². The second-order valence-corrected chi connectivity index (χ2v) is 3.11. The van der Waals surface area contributed by atoms with Gasteiger partial charge in [-0.3, -0.25) is 9.59 Å². The summed E-state index contributed by atoms with van der Waals surface area (Å²) in [7, 11) is 1.32. The molecule has 4 nitrogen and oxygen atoms in total. The predicted octanol–water partition coefficient (Wildman–Crippen LogP) is 1.30. The highest BCUT2D eigenvalue weighted by Crippen LogP contribution is 2.28. The Balaban J connectivity index is 2.67. The molecule has 1 aromatic rings. The summed E-state index contributed by atoms with van der Waals surface area (Å²) in [6, 6.07) is 4.37. The number of allylic oxidation sites excluding steroid dienone is 2. The molecule has 1 aliphatic rings. The summed E-state index contributed by atoms with van der Waals surface area (Å²) < 4.78 is 4.78. The summed E-state index contributed by atoms with van der Waals surface area (Å²) in [4.78, 5) is 23.2. The van der Waals surface area contributed by atoms with Crippen molar-refractivity contribution in [3.05, 3.63) is 41.2 Å². The summed E-state index contributed by atoms with van der Waals surface area (Å²) in [5.74, 6) is -0.988. The zero-order valence-electron chi connectivity index (χ0n) is 7.98. The monoisotopic (exact) mass is 204 g/mol. The van der Waals surface area contributed by atoms with Crippen LogP contribution in [0.2, 0.25) is 0 Å². The van der Waals surface area contributed by atoms with Crippen LogP contribution in [0, 0.1) is 0 Å². The minimum atomic E-state index is -0.417. The highest BCUT2D eigenvalue weighted by Gasteiger charge is 2.28. The van der Waals surface area contributed by atoms with E-state index in [-0.39, 0.29) is 28.4 Å². The summed E-state index contributed by atoms with van der Waals surface area (Å²) in [5.41, 5.74) is 0.225. The van der Waals surface area contributed by atoms with Crippen molar-refractivity contribution in [1.29, 1.82) is 0 Å². The summed E-state index contributed by atoms with van der Waals surface area (Å²) in [5, 5.41) is 9.46. The van der Waals surface area contributed by atoms with E-state index in [1.807, 2.05) is 0 Å². The highest BCUT2D eigenvalue weighted by molar-refractivity contribution is 6.24. The van der Waals surface area contributed by atoms with Crippen LogP contribution < -0.4 is 0 Å². The van der Waals surface area contributed by atoms with E-state index in [4.69, 9.17) is 4.74 Å². The number of ketones is 2. The van der Waals surface area contributed by atoms with Crippen LogP contribution in [0.4, 0.5) is 0 Å². The number of phenolic OH excluding ortho intramolecular Hbond substituents is 1. The molecule has 1 N–H and O–H groups in total. The smallest absolute Gasteiger partial charge is 0.228 e. The Morgan fingerprint density at radius 2 is 2.00 bits per heavy atom. The average Bonchev–Trinajstić information content (AvgIpc) is 2.23. The average molecular weight is 204 g/mol. The fraction of sp³-hybridized carbons (Fsp3) is 0.0909. The van der Waals surface area contributed by atoms with Crippen molar-refractivity contribution < 1.29 is 19.4 Å². The molecule has 1 aromatic carbocycles. The van der Waals surface area contributed by atoms with Crippen LogP contribution in [0.5, 0.6) is 5.75 Å². The standard InChI is InChI=1S/C11H8O4/c1-15-9-5-8(13)10-6(11(9)14)3-2-4-7(10)12/h2-5,12H,1H3. The van der Waals surface area contributed by atoms with Crippen molar-refractivity contribution in [2.45, 2.75) is 0 Å². The number of ether oxygens (including phenoxy) is 1. The summed E-state index contributed by atoms with van der Waals surface area (Å²) in [6.45, 7) is 0. The lowest BCUT2D eigenvalue weighted by molar-refractivity contribution is 0.0915. The SMILES string of the molecule is COC1=CC(=O)c2c(O)cccc2C1=O. The molecule has 0 amide bonds. The fourth-order valence-electron chi connectivity index (χ4n) is 1.53. The number of benzene rings is 1. The van der Waals surface area contributed by atoms with Crippen LogP contribution in [0.15, 0.2) is 30.0 Å². The Bertz CT molecular complexity index is 485. The van der Waals surface area contributed by atoms with E-state index in [1.165, 1.54) is 25.3 Å². The van der Waals surface area contributed by atoms with Crippen molar-refractivity contribution in [3.63, 3.8) is 0 Å². The Morgan fingerprint density at radius 1 is 1.27 bits per heavy atom. The first-order valence-electron chi connectivity index (χ1n) is 4.32. The molecule has 0 saturated heterocycles. The molecule has 0 aliphatic heterocycles. The van der Waals surface area contributed by atoms with Crippen LogP contribution in [-0.2, 0) is 4.74 Å². The second kappa shape index (κ2) is 3.24. The summed E-state index contributed by atoms with van der Waals surface area (Å²) in [6.07, 6.45) is 1.09. The van der Waals surface area contributed by atoms with Crippen LogP contribution in [0.25, 0.3) is 0 Å². The Morgan fingerprint density at radius 3 is 2.67 bits per heavy atom. The van der Waals surface area contributed by atoms with Gasteiger partial charge >= 0.3 is 0 Å². The maximum atomic E-state index is 11.7. The van der Waals surface area contributed by atoms with Crippen LogP contribution in [0.3, 0.4) is 0 Å². The van der Waals surface area contributed by atoms with E-state index in [9.17, 15) is 14.7 Å². The minimum absolute atomic E-state index is 0.00176. The normalized spacial score (nSPS) is 14.6. The van der Waals surface area contributed by atoms with Gasteiger partial charge in [-0.1, -0.05) is 6.07 Å². The van der Waals surface area contributed by atoms with E-state index in [2.05, 4.69) is 0 Å². The van der Waals surface area contributed by atoms with E-state index in [1.54, 1.807) is 0 Å². The van der Waals surface area contributed by atoms with E-state index >= 15 is 0 Å². The van der Waals surface area contributed by atoms with Gasteiger partial charge in [-0.2, -0.15) is 0 Å². The Kier molecular flexibility index (Phi) is 2.04. The lowest BCUT2D eigenvalue weighted by atomic mass is 9.93. The lowest BCUT2D eigenvalue weighted by Crippen LogP contribution is -2.17. The zero-order chi connectivity index (χ0) is 11.0. The molecule has 0 fully saturated rings. The molecule has 0 aromatic heterocycles. The van der Waals surface area contributed by atoms with E-state index in [0.717, 1.165) is 6.08 Å². The van der Waals surface area contributed by atoms with Gasteiger partial charge in [0.15, 0.2) is 11.5 Å². The predicted molar refractivity (Wildman–Crippen MR) is 51.9 cm³/mol. The number of Topliss-reactive ketones (excluding diaryl/α,β-unsaturated/α-hetero) is 1. The van der Waals surface area contributed by atoms with Gasteiger partial charge in [0.2, 0.25) is 5.78 Å². The number of phenols is 1. The molecule has 0 spiro atoms. The van der Waals surface area contributed by atoms with Gasteiger partial charge in [0.1, 0.15) is 5.75 Å². The van der Waals surface area contributed by atoms with E-state index < -0.39 is 5.78 Å². The topological polar surface area (TPSA) is 63.6 Å². The molecule has 2 rings (SSSR count). The van der Waals surface area contributed by atoms with Crippen molar-refractivity contribution >= 4 is 11.6 Å². The van der Waals surface area contributed by atoms with Gasteiger partial charge in [-0.05, 0) is 12.1 Å². The quantitative estimate of drug-likeness (QED) is 0.748. The second-order valence-electron chi connectivity index (χ2n) is 3.11. The van der Waals surface area contributed by atoms with Crippen molar-refractivity contribution in [2.75, 3.05) is 7.11 Å². The number of hydrogen-bond acceptors (Lipinski definition) is 4. The van der Waals surface area contributed by atoms with Gasteiger partial charge < -0.3 is 9.84 Å². The fourth-order valence-corrected chi connectivity index (χ4v) is 1.53. The molecule has 0 radical (unpaired) electrons. The number of carbonyl (C=O) groups excluding carboxylic acids is 2. The molecule has 0 atom stereocenters. The van der Waals surface area contributed by atoms with Gasteiger partial charge in [0.25, 0.3) is 0 Å². The number of hydrogen-bond donors (Lipinski definition) is 1. The largest absolute Gasteiger partial charge is 0.507 e. The molecule has 0 bridgehead atoms. The molecule has 1 aliphatic carbocycles. The Labute approximate surface area is 85.8 Å². The van der Waals surface area contributed by atoms with Crippen molar-refractivity contribution in [1.82, 2.24) is 0 Å². The van der Waals surface area contributed by atoms with Crippen molar-refractivity contribution in [2.24, 2.45) is 0 Å². The third-order valence-electron chi connectivity index (χ3n) is 2.24. The summed E-state index contributed by atoms with van der Waals surface area (Å²) >= 11 is 0. The number of methoxy groups -OCH3 is 1. The highest BCUT2D eigenvalue weighted by atomic mass is 16.5. The first kappa shape index (κ1) is 9.45. The third-order valence-corrected chi connectivity index (χ3v) is 2.24. The number of rotatable bonds is 1. The van der Waals surface area contributed by atoms with E-state index in [0.29, 0.717) is 0 Å². The molecule has 0 heterocycles. The van der Waals surface area contributed by atoms with Crippen LogP contribution in [-0.4, -0.2) is 23.8 Å². The molecule has 0 saturated carbocycles. The molecule has 15 heavy (non-hydrogen) atoms. The molecule has 76 valence electrons.